The molecule has 1 aromatic rings. The molecule has 0 saturated heterocycles. The third-order valence-electron chi connectivity index (χ3n) is 2.88. The molecule has 0 spiro atoms. The molecule has 2 unspecified atom stereocenters. The Morgan fingerprint density at radius 3 is 2.57 bits per heavy atom. The zero-order chi connectivity index (χ0) is 16.0. The van der Waals surface area contributed by atoms with Crippen LogP contribution in [0.25, 0.3) is 0 Å². The van der Waals surface area contributed by atoms with Crippen molar-refractivity contribution < 1.29 is 24.2 Å². The van der Waals surface area contributed by atoms with E-state index in [2.05, 4.69) is 10.6 Å². The van der Waals surface area contributed by atoms with Crippen molar-refractivity contribution in [3.8, 4) is 0 Å². The van der Waals surface area contributed by atoms with E-state index in [1.807, 2.05) is 0 Å². The lowest BCUT2D eigenvalue weighted by Crippen LogP contribution is -2.46. The highest BCUT2D eigenvalue weighted by molar-refractivity contribution is 5.74. The van der Waals surface area contributed by atoms with Crippen molar-refractivity contribution in [1.82, 2.24) is 10.6 Å². The first-order chi connectivity index (χ1) is 9.71. The van der Waals surface area contributed by atoms with E-state index in [4.69, 9.17) is 5.11 Å². The topological polar surface area (TPSA) is 98.7 Å². The fourth-order valence-electron chi connectivity index (χ4n) is 1.81. The number of carbonyl (C=O) groups excluding carboxylic acids is 1. The average molecular weight is 298 g/mol. The zero-order valence-corrected chi connectivity index (χ0v) is 11.9. The molecule has 4 N–H and O–H groups in total. The molecule has 7 heteroatoms. The van der Waals surface area contributed by atoms with Gasteiger partial charge in [0.25, 0.3) is 0 Å². The van der Waals surface area contributed by atoms with Crippen LogP contribution < -0.4 is 10.6 Å². The minimum Gasteiger partial charge on any atom is -0.481 e. The molecule has 0 aliphatic heterocycles. The lowest BCUT2D eigenvalue weighted by Gasteiger charge is -2.22. The number of carbonyl (C=O) groups is 2. The summed E-state index contributed by atoms with van der Waals surface area (Å²) in [4.78, 5) is 22.2. The van der Waals surface area contributed by atoms with Crippen molar-refractivity contribution in [3.05, 3.63) is 35.6 Å². The van der Waals surface area contributed by atoms with Crippen molar-refractivity contribution in [1.29, 1.82) is 0 Å². The molecule has 2 atom stereocenters. The second kappa shape index (κ2) is 7.03. The van der Waals surface area contributed by atoms with Crippen molar-refractivity contribution >= 4 is 12.0 Å². The van der Waals surface area contributed by atoms with Gasteiger partial charge in [0, 0.05) is 12.1 Å². The number of carboxylic acid groups (broad SMARTS) is 1. The predicted molar refractivity (Wildman–Crippen MR) is 74.2 cm³/mol. The number of carboxylic acids is 1. The van der Waals surface area contributed by atoms with Crippen LogP contribution in [0.4, 0.5) is 9.18 Å². The van der Waals surface area contributed by atoms with Crippen LogP contribution in [0.1, 0.15) is 31.9 Å². The highest BCUT2D eigenvalue weighted by Gasteiger charge is 2.25. The van der Waals surface area contributed by atoms with Gasteiger partial charge in [-0.3, -0.25) is 4.79 Å². The Balaban J connectivity index is 2.51. The van der Waals surface area contributed by atoms with E-state index in [0.29, 0.717) is 5.56 Å². The fraction of sp³-hybridized carbons (Fsp3) is 0.429. The van der Waals surface area contributed by atoms with Crippen molar-refractivity contribution in [2.45, 2.75) is 31.9 Å². The summed E-state index contributed by atoms with van der Waals surface area (Å²) in [5.41, 5.74) is -1.21. The van der Waals surface area contributed by atoms with Gasteiger partial charge in [-0.05, 0) is 19.9 Å². The molecule has 1 aromatic carbocycles. The third kappa shape index (κ3) is 5.78. The van der Waals surface area contributed by atoms with Gasteiger partial charge < -0.3 is 20.8 Å². The average Bonchev–Trinajstić information content (AvgIpc) is 2.35. The highest BCUT2D eigenvalue weighted by atomic mass is 19.1. The molecule has 2 amide bonds. The quantitative estimate of drug-likeness (QED) is 0.638. The summed E-state index contributed by atoms with van der Waals surface area (Å²) in [5.74, 6) is -1.59. The van der Waals surface area contributed by atoms with E-state index < -0.39 is 35.9 Å². The summed E-state index contributed by atoms with van der Waals surface area (Å²) in [6, 6.07) is 4.89. The van der Waals surface area contributed by atoms with E-state index in [-0.39, 0.29) is 6.54 Å². The second-order valence-corrected chi connectivity index (χ2v) is 5.14. The molecule has 116 valence electrons. The first-order valence-electron chi connectivity index (χ1n) is 6.44. The van der Waals surface area contributed by atoms with Crippen LogP contribution in [-0.4, -0.2) is 34.4 Å². The Bertz CT molecular complexity index is 519. The maximum Gasteiger partial charge on any atom is 0.315 e. The van der Waals surface area contributed by atoms with Crippen LogP contribution in [0.5, 0.6) is 0 Å². The molecule has 0 heterocycles. The van der Waals surface area contributed by atoms with E-state index in [0.717, 1.165) is 0 Å². The number of hydrogen-bond donors (Lipinski definition) is 4. The van der Waals surface area contributed by atoms with Gasteiger partial charge in [0.1, 0.15) is 5.82 Å². The SMILES string of the molecule is CC(NC(=O)NCC(C)(O)CC(=O)O)c1ccccc1F. The van der Waals surface area contributed by atoms with Crippen molar-refractivity contribution in [2.75, 3.05) is 6.54 Å². The Kier molecular flexibility index (Phi) is 5.66. The van der Waals surface area contributed by atoms with Crippen LogP contribution >= 0.6 is 0 Å². The first kappa shape index (κ1) is 16.9. The number of hydrogen-bond acceptors (Lipinski definition) is 3. The summed E-state index contributed by atoms with van der Waals surface area (Å²) in [6.45, 7) is 2.70. The molecule has 0 aliphatic rings. The first-order valence-corrected chi connectivity index (χ1v) is 6.44. The van der Waals surface area contributed by atoms with Gasteiger partial charge in [-0.25, -0.2) is 9.18 Å². The number of aliphatic carboxylic acids is 1. The number of halogens is 1. The van der Waals surface area contributed by atoms with Crippen LogP contribution in [-0.2, 0) is 4.79 Å². The largest absolute Gasteiger partial charge is 0.481 e. The van der Waals surface area contributed by atoms with Crippen LogP contribution in [0.15, 0.2) is 24.3 Å². The number of benzene rings is 1. The molecular formula is C14H19FN2O4. The Labute approximate surface area is 122 Å². The zero-order valence-electron chi connectivity index (χ0n) is 11.9. The lowest BCUT2D eigenvalue weighted by atomic mass is 10.0. The molecule has 0 fully saturated rings. The molecule has 0 radical (unpaired) electrons. The summed E-state index contributed by atoms with van der Waals surface area (Å²) in [5, 5.41) is 23.2. The van der Waals surface area contributed by atoms with Gasteiger partial charge in [-0.15, -0.1) is 0 Å². The number of amides is 2. The van der Waals surface area contributed by atoms with E-state index >= 15 is 0 Å². The molecule has 21 heavy (non-hydrogen) atoms. The Morgan fingerprint density at radius 1 is 1.38 bits per heavy atom. The van der Waals surface area contributed by atoms with Gasteiger partial charge in [0.2, 0.25) is 0 Å². The normalized spacial score (nSPS) is 14.9. The van der Waals surface area contributed by atoms with E-state index in [9.17, 15) is 19.1 Å². The smallest absolute Gasteiger partial charge is 0.315 e. The molecule has 0 aromatic heterocycles. The van der Waals surface area contributed by atoms with Crippen molar-refractivity contribution in [2.24, 2.45) is 0 Å². The summed E-state index contributed by atoms with van der Waals surface area (Å²) in [6.07, 6.45) is -0.490. The fourth-order valence-corrected chi connectivity index (χ4v) is 1.81. The van der Waals surface area contributed by atoms with Crippen LogP contribution in [0.2, 0.25) is 0 Å². The van der Waals surface area contributed by atoms with E-state index in [1.165, 1.54) is 13.0 Å². The minimum absolute atomic E-state index is 0.227. The number of nitrogens with one attached hydrogen (secondary N) is 2. The minimum atomic E-state index is -1.55. The Morgan fingerprint density at radius 2 is 2.00 bits per heavy atom. The van der Waals surface area contributed by atoms with Gasteiger partial charge in [0.15, 0.2) is 0 Å². The molecule has 0 saturated carbocycles. The van der Waals surface area contributed by atoms with E-state index in [1.54, 1.807) is 25.1 Å². The monoisotopic (exact) mass is 298 g/mol. The maximum absolute atomic E-state index is 13.5. The predicted octanol–water partition coefficient (Wildman–Crippen LogP) is 1.41. The number of urea groups is 1. The lowest BCUT2D eigenvalue weighted by molar-refractivity contribution is -0.141. The molecule has 0 bridgehead atoms. The number of rotatable bonds is 6. The Hall–Kier alpha value is -2.15. The van der Waals surface area contributed by atoms with Crippen LogP contribution in [0.3, 0.4) is 0 Å². The van der Waals surface area contributed by atoms with Gasteiger partial charge >= 0.3 is 12.0 Å². The standard InChI is InChI=1S/C14H19FN2O4/c1-9(10-5-3-4-6-11(10)15)17-13(20)16-8-14(2,21)7-12(18)19/h3-6,9,21H,7-8H2,1-2H3,(H,18,19)(H2,16,17,20). The third-order valence-corrected chi connectivity index (χ3v) is 2.88. The summed E-state index contributed by atoms with van der Waals surface area (Å²) >= 11 is 0. The number of aliphatic hydroxyl groups is 1. The van der Waals surface area contributed by atoms with Gasteiger partial charge in [-0.1, -0.05) is 18.2 Å². The highest BCUT2D eigenvalue weighted by Crippen LogP contribution is 2.15. The maximum atomic E-state index is 13.5. The molecule has 0 aliphatic carbocycles. The summed E-state index contributed by atoms with van der Waals surface area (Å²) < 4.78 is 13.5. The molecular weight excluding hydrogens is 279 g/mol. The van der Waals surface area contributed by atoms with Crippen LogP contribution in [0, 0.1) is 5.82 Å². The van der Waals surface area contributed by atoms with Gasteiger partial charge in [-0.2, -0.15) is 0 Å². The summed E-state index contributed by atoms with van der Waals surface area (Å²) in [7, 11) is 0. The van der Waals surface area contributed by atoms with Gasteiger partial charge in [0.05, 0.1) is 18.1 Å². The second-order valence-electron chi connectivity index (χ2n) is 5.14. The molecule has 6 nitrogen and oxygen atoms in total. The molecule has 1 rings (SSSR count). The van der Waals surface area contributed by atoms with Crippen molar-refractivity contribution in [3.63, 3.8) is 0 Å².